The van der Waals surface area contributed by atoms with Crippen LogP contribution in [0.2, 0.25) is 0 Å². The highest BCUT2D eigenvalue weighted by Gasteiger charge is 2.31. The van der Waals surface area contributed by atoms with Crippen LogP contribution in [0.15, 0.2) is 35.6 Å². The summed E-state index contributed by atoms with van der Waals surface area (Å²) in [5.41, 5.74) is 2.05. The Balaban J connectivity index is 1.48. The molecule has 2 heterocycles. The standard InChI is InChI=1S/C20H24N6O2S/c1-3-12(2)22-19(28)23-17(27)11-29-20-25-24-18(26(20)13-8-9-13)15-10-21-16-7-5-4-6-14(15)16/h4-7,10,12-13,21H,3,8-9,11H2,1-2H3,(H2,22,23,27,28)/t12-/m0/s1. The number of para-hydroxylation sites is 1. The minimum Gasteiger partial charge on any atom is -0.360 e. The van der Waals surface area contributed by atoms with Crippen molar-refractivity contribution in [2.75, 3.05) is 5.75 Å². The van der Waals surface area contributed by atoms with Crippen LogP contribution >= 0.6 is 11.8 Å². The Morgan fingerprint density at radius 3 is 2.86 bits per heavy atom. The predicted octanol–water partition coefficient (Wildman–Crippen LogP) is 3.48. The fraction of sp³-hybridized carbons (Fsp3) is 0.400. The normalized spacial score (nSPS) is 14.7. The molecule has 3 aromatic rings. The van der Waals surface area contributed by atoms with E-state index in [0.717, 1.165) is 41.6 Å². The molecule has 1 aliphatic rings. The molecular weight excluding hydrogens is 388 g/mol. The summed E-state index contributed by atoms with van der Waals surface area (Å²) in [5.74, 6) is 0.560. The van der Waals surface area contributed by atoms with Crippen molar-refractivity contribution in [3.8, 4) is 11.4 Å². The first-order valence-corrected chi connectivity index (χ1v) is 10.8. The number of fused-ring (bicyclic) bond motifs is 1. The van der Waals surface area contributed by atoms with E-state index < -0.39 is 6.03 Å². The Morgan fingerprint density at radius 2 is 2.10 bits per heavy atom. The van der Waals surface area contributed by atoms with Crippen molar-refractivity contribution in [1.82, 2.24) is 30.4 Å². The summed E-state index contributed by atoms with van der Waals surface area (Å²) >= 11 is 1.30. The zero-order chi connectivity index (χ0) is 20.4. The number of hydrogen-bond donors (Lipinski definition) is 3. The van der Waals surface area contributed by atoms with Gasteiger partial charge in [0, 0.05) is 34.7 Å². The van der Waals surface area contributed by atoms with Crippen LogP contribution < -0.4 is 10.6 Å². The van der Waals surface area contributed by atoms with E-state index in [1.165, 1.54) is 11.8 Å². The largest absolute Gasteiger partial charge is 0.360 e. The summed E-state index contributed by atoms with van der Waals surface area (Å²) in [5, 5.41) is 15.6. The van der Waals surface area contributed by atoms with Crippen molar-refractivity contribution in [2.24, 2.45) is 0 Å². The lowest BCUT2D eigenvalue weighted by atomic mass is 10.1. The molecule has 29 heavy (non-hydrogen) atoms. The number of carbonyl (C=O) groups excluding carboxylic acids is 2. The van der Waals surface area contributed by atoms with E-state index in [9.17, 15) is 9.59 Å². The van der Waals surface area contributed by atoms with E-state index in [-0.39, 0.29) is 17.7 Å². The van der Waals surface area contributed by atoms with Gasteiger partial charge in [0.05, 0.1) is 5.75 Å². The van der Waals surface area contributed by atoms with Gasteiger partial charge in [-0.1, -0.05) is 36.9 Å². The maximum absolute atomic E-state index is 12.1. The predicted molar refractivity (Wildman–Crippen MR) is 113 cm³/mol. The highest BCUT2D eigenvalue weighted by atomic mass is 32.2. The van der Waals surface area contributed by atoms with Gasteiger partial charge in [0.25, 0.3) is 0 Å². The molecule has 2 aromatic heterocycles. The van der Waals surface area contributed by atoms with E-state index in [1.54, 1.807) is 0 Å². The third-order valence-electron chi connectivity index (χ3n) is 4.98. The summed E-state index contributed by atoms with van der Waals surface area (Å²) in [6.07, 6.45) is 4.90. The Kier molecular flexibility index (Phi) is 5.57. The highest BCUT2D eigenvalue weighted by Crippen LogP contribution is 2.42. The number of urea groups is 1. The molecule has 1 saturated carbocycles. The number of imide groups is 1. The summed E-state index contributed by atoms with van der Waals surface area (Å²) in [4.78, 5) is 27.2. The molecular formula is C20H24N6O2S. The van der Waals surface area contributed by atoms with E-state index in [0.29, 0.717) is 11.2 Å². The zero-order valence-corrected chi connectivity index (χ0v) is 17.3. The van der Waals surface area contributed by atoms with Crippen LogP contribution in [0.5, 0.6) is 0 Å². The van der Waals surface area contributed by atoms with Crippen LogP contribution in [-0.2, 0) is 4.79 Å². The van der Waals surface area contributed by atoms with Crippen molar-refractivity contribution in [1.29, 1.82) is 0 Å². The van der Waals surface area contributed by atoms with Gasteiger partial charge in [-0.3, -0.25) is 14.7 Å². The van der Waals surface area contributed by atoms with Crippen LogP contribution in [0.1, 0.15) is 39.2 Å². The maximum Gasteiger partial charge on any atom is 0.321 e. The monoisotopic (exact) mass is 412 g/mol. The van der Waals surface area contributed by atoms with Crippen LogP contribution in [0, 0.1) is 0 Å². The molecule has 1 aromatic carbocycles. The van der Waals surface area contributed by atoms with Gasteiger partial charge >= 0.3 is 6.03 Å². The zero-order valence-electron chi connectivity index (χ0n) is 16.4. The summed E-state index contributed by atoms with van der Waals surface area (Å²) < 4.78 is 2.12. The van der Waals surface area contributed by atoms with Crippen LogP contribution in [0.4, 0.5) is 4.79 Å². The Hall–Kier alpha value is -2.81. The Labute approximate surface area is 172 Å². The van der Waals surface area contributed by atoms with Gasteiger partial charge in [0.1, 0.15) is 0 Å². The van der Waals surface area contributed by atoms with Gasteiger partial charge in [-0.05, 0) is 32.3 Å². The number of nitrogens with zero attached hydrogens (tertiary/aromatic N) is 3. The average molecular weight is 413 g/mol. The highest BCUT2D eigenvalue weighted by molar-refractivity contribution is 7.99. The van der Waals surface area contributed by atoms with E-state index in [4.69, 9.17) is 0 Å². The average Bonchev–Trinajstić information content (AvgIpc) is 3.32. The van der Waals surface area contributed by atoms with Crippen LogP contribution in [-0.4, -0.2) is 43.5 Å². The van der Waals surface area contributed by atoms with Gasteiger partial charge in [-0.25, -0.2) is 4.79 Å². The number of amides is 3. The summed E-state index contributed by atoms with van der Waals surface area (Å²) in [6.45, 7) is 3.86. The van der Waals surface area contributed by atoms with Gasteiger partial charge in [0.15, 0.2) is 11.0 Å². The number of aromatic nitrogens is 4. The van der Waals surface area contributed by atoms with Crippen molar-refractivity contribution in [3.63, 3.8) is 0 Å². The number of H-pyrrole nitrogens is 1. The SMILES string of the molecule is CC[C@H](C)NC(=O)NC(=O)CSc1nnc(-c2c[nH]c3ccccc23)n1C1CC1. The number of nitrogens with one attached hydrogen (secondary N) is 3. The van der Waals surface area contributed by atoms with Gasteiger partial charge in [0.2, 0.25) is 5.91 Å². The molecule has 8 nitrogen and oxygen atoms in total. The van der Waals surface area contributed by atoms with Gasteiger partial charge in [-0.15, -0.1) is 10.2 Å². The number of thioether (sulfide) groups is 1. The van der Waals surface area contributed by atoms with Gasteiger partial charge < -0.3 is 10.3 Å². The van der Waals surface area contributed by atoms with Crippen LogP contribution in [0.3, 0.4) is 0 Å². The number of aromatic amines is 1. The van der Waals surface area contributed by atoms with Crippen molar-refractivity contribution >= 4 is 34.6 Å². The maximum atomic E-state index is 12.1. The third kappa shape index (κ3) is 4.29. The Bertz CT molecular complexity index is 1040. The van der Waals surface area contributed by atoms with E-state index >= 15 is 0 Å². The number of carbonyl (C=O) groups is 2. The third-order valence-corrected chi connectivity index (χ3v) is 5.92. The minimum absolute atomic E-state index is 0.0205. The lowest BCUT2D eigenvalue weighted by molar-refractivity contribution is -0.117. The van der Waals surface area contributed by atoms with E-state index in [1.807, 2.05) is 38.2 Å². The lowest BCUT2D eigenvalue weighted by Gasteiger charge is -2.12. The summed E-state index contributed by atoms with van der Waals surface area (Å²) in [6, 6.07) is 7.99. The molecule has 0 bridgehead atoms. The molecule has 3 amide bonds. The molecule has 0 aliphatic heterocycles. The molecule has 3 N–H and O–H groups in total. The smallest absolute Gasteiger partial charge is 0.321 e. The number of rotatable bonds is 7. The minimum atomic E-state index is -0.465. The van der Waals surface area contributed by atoms with E-state index in [2.05, 4.69) is 36.4 Å². The number of hydrogen-bond acceptors (Lipinski definition) is 5. The first kappa shape index (κ1) is 19.5. The molecule has 4 rings (SSSR count). The van der Waals surface area contributed by atoms with Crippen LogP contribution in [0.25, 0.3) is 22.3 Å². The molecule has 152 valence electrons. The van der Waals surface area contributed by atoms with Crippen molar-refractivity contribution < 1.29 is 9.59 Å². The molecule has 9 heteroatoms. The second-order valence-corrected chi connectivity index (χ2v) is 8.22. The lowest BCUT2D eigenvalue weighted by Crippen LogP contribution is -2.43. The fourth-order valence-corrected chi connectivity index (χ4v) is 3.94. The quantitative estimate of drug-likeness (QED) is 0.515. The molecule has 0 unspecified atom stereocenters. The second kappa shape index (κ2) is 8.28. The first-order chi connectivity index (χ1) is 14.1. The molecule has 0 radical (unpaired) electrons. The van der Waals surface area contributed by atoms with Gasteiger partial charge in [-0.2, -0.15) is 0 Å². The fourth-order valence-electron chi connectivity index (χ4n) is 3.13. The van der Waals surface area contributed by atoms with Crippen molar-refractivity contribution in [3.05, 3.63) is 30.5 Å². The molecule has 1 aliphatic carbocycles. The molecule has 1 atom stereocenters. The van der Waals surface area contributed by atoms with Crippen molar-refractivity contribution in [2.45, 2.75) is 50.4 Å². The topological polar surface area (TPSA) is 105 Å². The molecule has 0 saturated heterocycles. The first-order valence-electron chi connectivity index (χ1n) is 9.81. The second-order valence-electron chi connectivity index (χ2n) is 7.27. The summed E-state index contributed by atoms with van der Waals surface area (Å²) in [7, 11) is 0. The molecule has 0 spiro atoms. The Morgan fingerprint density at radius 1 is 1.31 bits per heavy atom. The molecule has 1 fully saturated rings. The number of benzene rings is 1.